The minimum absolute atomic E-state index is 0.306. The van der Waals surface area contributed by atoms with E-state index in [0.717, 1.165) is 39.0 Å². The van der Waals surface area contributed by atoms with Crippen LogP contribution in [0.15, 0.2) is 47.8 Å². The molecule has 2 amide bonds. The number of thiazole rings is 1. The summed E-state index contributed by atoms with van der Waals surface area (Å²) >= 11 is 2.77. The van der Waals surface area contributed by atoms with E-state index in [1.165, 1.54) is 0 Å². The predicted octanol–water partition coefficient (Wildman–Crippen LogP) is 4.77. The van der Waals surface area contributed by atoms with Gasteiger partial charge in [0.25, 0.3) is 0 Å². The summed E-state index contributed by atoms with van der Waals surface area (Å²) in [7, 11) is 0. The van der Waals surface area contributed by atoms with E-state index < -0.39 is 0 Å². The molecule has 4 rings (SSSR count). The number of hydrogen-bond donors (Lipinski definition) is 2. The second-order valence-corrected chi connectivity index (χ2v) is 6.97. The largest absolute Gasteiger partial charge is 0.323 e. The number of anilines is 2. The highest BCUT2D eigenvalue weighted by Gasteiger charge is 2.06. The summed E-state index contributed by atoms with van der Waals surface area (Å²) in [4.78, 5) is 16.6. The Bertz CT molecular complexity index is 1040. The fourth-order valence-corrected chi connectivity index (χ4v) is 3.51. The SMILES string of the molecule is Cc1nc(-c2ccc(NC(=O)Nc3ccc4nsnc4c3)cc2)cs1. The summed E-state index contributed by atoms with van der Waals surface area (Å²) in [5.41, 5.74) is 4.95. The molecule has 124 valence electrons. The van der Waals surface area contributed by atoms with Gasteiger partial charge in [-0.05, 0) is 37.3 Å². The Hall–Kier alpha value is -2.84. The third-order valence-electron chi connectivity index (χ3n) is 3.57. The minimum atomic E-state index is -0.306. The van der Waals surface area contributed by atoms with Crippen LogP contribution in [0.4, 0.5) is 16.2 Å². The van der Waals surface area contributed by atoms with Gasteiger partial charge in [0, 0.05) is 22.3 Å². The Morgan fingerprint density at radius 3 is 2.44 bits per heavy atom. The first-order chi connectivity index (χ1) is 12.2. The number of aromatic nitrogens is 3. The van der Waals surface area contributed by atoms with Crippen molar-refractivity contribution >= 4 is 51.5 Å². The zero-order chi connectivity index (χ0) is 17.2. The lowest BCUT2D eigenvalue weighted by molar-refractivity contribution is 0.262. The van der Waals surface area contributed by atoms with Crippen LogP contribution in [-0.2, 0) is 0 Å². The van der Waals surface area contributed by atoms with E-state index in [9.17, 15) is 4.79 Å². The molecule has 0 bridgehead atoms. The molecule has 2 aromatic heterocycles. The molecular formula is C17H13N5OS2. The molecule has 0 fully saturated rings. The van der Waals surface area contributed by atoms with Crippen molar-refractivity contribution in [2.24, 2.45) is 0 Å². The van der Waals surface area contributed by atoms with Crippen molar-refractivity contribution in [3.63, 3.8) is 0 Å². The number of fused-ring (bicyclic) bond motifs is 1. The number of carbonyl (C=O) groups excluding carboxylic acids is 1. The van der Waals surface area contributed by atoms with Crippen LogP contribution in [0, 0.1) is 6.92 Å². The zero-order valence-electron chi connectivity index (χ0n) is 13.2. The Morgan fingerprint density at radius 1 is 0.960 bits per heavy atom. The van der Waals surface area contributed by atoms with Crippen LogP contribution in [0.1, 0.15) is 5.01 Å². The van der Waals surface area contributed by atoms with E-state index in [-0.39, 0.29) is 6.03 Å². The number of carbonyl (C=O) groups is 1. The maximum atomic E-state index is 12.1. The summed E-state index contributed by atoms with van der Waals surface area (Å²) < 4.78 is 8.30. The Balaban J connectivity index is 1.43. The van der Waals surface area contributed by atoms with Crippen molar-refractivity contribution in [1.82, 2.24) is 13.7 Å². The molecule has 2 aromatic carbocycles. The third-order valence-corrected chi connectivity index (χ3v) is 4.90. The molecule has 0 aliphatic heterocycles. The molecule has 8 heteroatoms. The summed E-state index contributed by atoms with van der Waals surface area (Å²) in [5, 5.41) is 8.67. The smallest absolute Gasteiger partial charge is 0.308 e. The van der Waals surface area contributed by atoms with Gasteiger partial charge in [-0.2, -0.15) is 8.75 Å². The fourth-order valence-electron chi connectivity index (χ4n) is 2.37. The summed E-state index contributed by atoms with van der Waals surface area (Å²) in [6, 6.07) is 12.7. The van der Waals surface area contributed by atoms with Crippen LogP contribution >= 0.6 is 23.1 Å². The first-order valence-electron chi connectivity index (χ1n) is 7.50. The van der Waals surface area contributed by atoms with E-state index in [4.69, 9.17) is 0 Å². The van der Waals surface area contributed by atoms with Crippen molar-refractivity contribution in [2.75, 3.05) is 10.6 Å². The molecule has 0 atom stereocenters. The highest BCUT2D eigenvalue weighted by atomic mass is 32.1. The number of benzene rings is 2. The summed E-state index contributed by atoms with van der Waals surface area (Å²) in [6.45, 7) is 1.98. The van der Waals surface area contributed by atoms with Gasteiger partial charge < -0.3 is 10.6 Å². The molecule has 2 N–H and O–H groups in total. The first kappa shape index (κ1) is 15.7. The van der Waals surface area contributed by atoms with Gasteiger partial charge in [0.15, 0.2) is 0 Å². The van der Waals surface area contributed by atoms with Crippen molar-refractivity contribution in [2.45, 2.75) is 6.92 Å². The van der Waals surface area contributed by atoms with Gasteiger partial charge in [-0.15, -0.1) is 11.3 Å². The zero-order valence-corrected chi connectivity index (χ0v) is 14.8. The molecule has 0 unspecified atom stereocenters. The molecule has 0 saturated heterocycles. The Kier molecular flexibility index (Phi) is 4.12. The van der Waals surface area contributed by atoms with Crippen LogP contribution in [0.25, 0.3) is 22.3 Å². The van der Waals surface area contributed by atoms with E-state index in [1.807, 2.05) is 42.6 Å². The number of nitrogens with one attached hydrogen (secondary N) is 2. The van der Waals surface area contributed by atoms with E-state index >= 15 is 0 Å². The van der Waals surface area contributed by atoms with Crippen LogP contribution in [0.2, 0.25) is 0 Å². The normalized spacial score (nSPS) is 10.8. The van der Waals surface area contributed by atoms with Crippen LogP contribution in [0.5, 0.6) is 0 Å². The molecular weight excluding hydrogens is 354 g/mol. The number of aryl methyl sites for hydroxylation is 1. The Morgan fingerprint density at radius 2 is 1.68 bits per heavy atom. The summed E-state index contributed by atoms with van der Waals surface area (Å²) in [6.07, 6.45) is 0. The van der Waals surface area contributed by atoms with Gasteiger partial charge in [0.05, 0.1) is 22.4 Å². The second kappa shape index (κ2) is 6.58. The Labute approximate surface area is 151 Å². The van der Waals surface area contributed by atoms with Gasteiger partial charge in [-0.1, -0.05) is 12.1 Å². The maximum absolute atomic E-state index is 12.1. The number of amides is 2. The first-order valence-corrected chi connectivity index (χ1v) is 9.11. The molecule has 0 saturated carbocycles. The maximum Gasteiger partial charge on any atom is 0.323 e. The quantitative estimate of drug-likeness (QED) is 0.547. The van der Waals surface area contributed by atoms with Gasteiger partial charge in [-0.3, -0.25) is 0 Å². The highest BCUT2D eigenvalue weighted by Crippen LogP contribution is 2.23. The summed E-state index contributed by atoms with van der Waals surface area (Å²) in [5.74, 6) is 0. The van der Waals surface area contributed by atoms with Crippen LogP contribution in [0.3, 0.4) is 0 Å². The number of rotatable bonds is 3. The second-order valence-electron chi connectivity index (χ2n) is 5.38. The van der Waals surface area contributed by atoms with Gasteiger partial charge in [-0.25, -0.2) is 9.78 Å². The van der Waals surface area contributed by atoms with Gasteiger partial charge >= 0.3 is 6.03 Å². The lowest BCUT2D eigenvalue weighted by atomic mass is 10.1. The van der Waals surface area contributed by atoms with Crippen LogP contribution < -0.4 is 10.6 Å². The van der Waals surface area contributed by atoms with Crippen molar-refractivity contribution in [3.8, 4) is 11.3 Å². The lowest BCUT2D eigenvalue weighted by Crippen LogP contribution is -2.19. The molecule has 2 heterocycles. The van der Waals surface area contributed by atoms with Crippen LogP contribution in [-0.4, -0.2) is 19.8 Å². The van der Waals surface area contributed by atoms with E-state index in [2.05, 4.69) is 24.4 Å². The number of nitrogens with zero attached hydrogens (tertiary/aromatic N) is 3. The van der Waals surface area contributed by atoms with Crippen molar-refractivity contribution < 1.29 is 4.79 Å². The van der Waals surface area contributed by atoms with Crippen molar-refractivity contribution in [1.29, 1.82) is 0 Å². The third kappa shape index (κ3) is 3.49. The highest BCUT2D eigenvalue weighted by molar-refractivity contribution is 7.09. The standard InChI is InChI=1S/C17H13N5OS2/c1-10-18-16(9-24-10)11-2-4-12(5-3-11)19-17(23)20-13-6-7-14-15(8-13)22-25-21-14/h2-9H,1H3,(H2,19,20,23). The molecule has 25 heavy (non-hydrogen) atoms. The van der Waals surface area contributed by atoms with Gasteiger partial charge in [0.1, 0.15) is 11.0 Å². The van der Waals surface area contributed by atoms with Gasteiger partial charge in [0.2, 0.25) is 0 Å². The molecule has 4 aromatic rings. The van der Waals surface area contributed by atoms with E-state index in [0.29, 0.717) is 11.4 Å². The predicted molar refractivity (Wildman–Crippen MR) is 102 cm³/mol. The molecule has 0 spiro atoms. The number of urea groups is 1. The number of hydrogen-bond acceptors (Lipinski definition) is 6. The topological polar surface area (TPSA) is 79.8 Å². The van der Waals surface area contributed by atoms with Crippen molar-refractivity contribution in [3.05, 3.63) is 52.9 Å². The molecule has 0 aliphatic carbocycles. The average Bonchev–Trinajstić information content (AvgIpc) is 3.24. The minimum Gasteiger partial charge on any atom is -0.308 e. The average molecular weight is 367 g/mol. The molecule has 6 nitrogen and oxygen atoms in total. The lowest BCUT2D eigenvalue weighted by Gasteiger charge is -2.08. The fraction of sp³-hybridized carbons (Fsp3) is 0.0588. The van der Waals surface area contributed by atoms with E-state index in [1.54, 1.807) is 23.5 Å². The monoisotopic (exact) mass is 367 g/mol. The molecule has 0 aliphatic rings. The molecule has 0 radical (unpaired) electrons.